The van der Waals surface area contributed by atoms with Crippen LogP contribution in [0.25, 0.3) is 22.0 Å². The molecule has 2 nitrogen and oxygen atoms in total. The fourth-order valence-corrected chi connectivity index (χ4v) is 2.91. The molecule has 2 aromatic carbocycles. The first-order valence-electron chi connectivity index (χ1n) is 6.74. The molecule has 0 fully saturated rings. The highest BCUT2D eigenvalue weighted by Crippen LogP contribution is 2.31. The Morgan fingerprint density at radius 1 is 1.14 bits per heavy atom. The van der Waals surface area contributed by atoms with E-state index in [-0.39, 0.29) is 11.9 Å². The minimum Gasteiger partial charge on any atom is -0.357 e. The summed E-state index contributed by atoms with van der Waals surface area (Å²) in [4.78, 5) is 3.30. The van der Waals surface area contributed by atoms with E-state index in [2.05, 4.69) is 4.98 Å². The Hall–Kier alpha value is -2.04. The second-order valence-electron chi connectivity index (χ2n) is 5.09. The summed E-state index contributed by atoms with van der Waals surface area (Å²) in [6, 6.07) is 14.2. The van der Waals surface area contributed by atoms with Gasteiger partial charge in [-0.1, -0.05) is 42.5 Å². The average Bonchev–Trinajstić information content (AvgIpc) is 2.48. The van der Waals surface area contributed by atoms with Crippen LogP contribution in [0, 0.1) is 10.3 Å². The molecule has 4 heteroatoms. The molecule has 106 valence electrons. The highest BCUT2D eigenvalue weighted by molar-refractivity contribution is 7.71. The number of hydrogen-bond donors (Lipinski definition) is 2. The first-order valence-corrected chi connectivity index (χ1v) is 7.15. The number of nitrogens with one attached hydrogen (secondary N) is 1. The molecule has 1 heterocycles. The number of H-pyrrole nitrogens is 1. The summed E-state index contributed by atoms with van der Waals surface area (Å²) in [6.07, 6.45) is 0. The quantitative estimate of drug-likeness (QED) is 0.672. The van der Waals surface area contributed by atoms with Crippen LogP contribution < -0.4 is 5.73 Å². The lowest BCUT2D eigenvalue weighted by Gasteiger charge is -2.15. The predicted octanol–water partition coefficient (Wildman–Crippen LogP) is 4.72. The van der Waals surface area contributed by atoms with E-state index in [0.717, 1.165) is 22.3 Å². The Balaban J connectivity index is 2.43. The number of hydrogen-bond acceptors (Lipinski definition) is 2. The third-order valence-electron chi connectivity index (χ3n) is 3.51. The third kappa shape index (κ3) is 2.48. The van der Waals surface area contributed by atoms with Crippen LogP contribution in [0.1, 0.15) is 18.7 Å². The number of benzene rings is 2. The molecule has 0 saturated carbocycles. The van der Waals surface area contributed by atoms with Gasteiger partial charge < -0.3 is 10.7 Å². The topological polar surface area (TPSA) is 41.8 Å². The number of nitrogens with two attached hydrogens (primary N) is 1. The Bertz CT molecular complexity index is 854. The minimum atomic E-state index is -0.297. The summed E-state index contributed by atoms with van der Waals surface area (Å²) >= 11 is 5.60. The van der Waals surface area contributed by atoms with Gasteiger partial charge in [-0.2, -0.15) is 0 Å². The smallest absolute Gasteiger partial charge is 0.124 e. The number of fused-ring (bicyclic) bond motifs is 1. The van der Waals surface area contributed by atoms with E-state index in [1.807, 2.05) is 37.3 Å². The van der Waals surface area contributed by atoms with Gasteiger partial charge in [0.1, 0.15) is 5.82 Å². The van der Waals surface area contributed by atoms with Crippen molar-refractivity contribution in [1.29, 1.82) is 0 Å². The van der Waals surface area contributed by atoms with E-state index < -0.39 is 0 Å². The van der Waals surface area contributed by atoms with Crippen molar-refractivity contribution in [3.05, 3.63) is 64.6 Å². The molecule has 1 aromatic heterocycles. The van der Waals surface area contributed by atoms with E-state index in [1.54, 1.807) is 6.07 Å². The van der Waals surface area contributed by atoms with E-state index >= 15 is 0 Å². The van der Waals surface area contributed by atoms with Gasteiger partial charge in [-0.3, -0.25) is 0 Å². The maximum absolute atomic E-state index is 13.5. The normalized spacial score (nSPS) is 12.5. The summed E-state index contributed by atoms with van der Waals surface area (Å²) in [7, 11) is 0. The molecule has 0 amide bonds. The van der Waals surface area contributed by atoms with Crippen molar-refractivity contribution in [1.82, 2.24) is 4.98 Å². The fourth-order valence-electron chi connectivity index (χ4n) is 2.51. The van der Waals surface area contributed by atoms with Crippen LogP contribution in [0.3, 0.4) is 0 Å². The van der Waals surface area contributed by atoms with Gasteiger partial charge in [0.2, 0.25) is 0 Å². The zero-order chi connectivity index (χ0) is 15.0. The van der Waals surface area contributed by atoms with Gasteiger partial charge >= 0.3 is 0 Å². The van der Waals surface area contributed by atoms with Crippen LogP contribution in [0.2, 0.25) is 0 Å². The van der Waals surface area contributed by atoms with Gasteiger partial charge in [0.05, 0.1) is 4.51 Å². The molecular weight excluding hydrogens is 283 g/mol. The van der Waals surface area contributed by atoms with Crippen molar-refractivity contribution in [3.8, 4) is 11.1 Å². The van der Waals surface area contributed by atoms with Crippen LogP contribution in [0.5, 0.6) is 0 Å². The summed E-state index contributed by atoms with van der Waals surface area (Å²) in [5.74, 6) is -0.297. The summed E-state index contributed by atoms with van der Waals surface area (Å²) < 4.78 is 14.2. The number of aromatic amines is 1. The summed E-state index contributed by atoms with van der Waals surface area (Å²) in [5.41, 5.74) is 9.61. The zero-order valence-electron chi connectivity index (χ0n) is 11.6. The monoisotopic (exact) mass is 298 g/mol. The maximum Gasteiger partial charge on any atom is 0.124 e. The Kier molecular flexibility index (Phi) is 3.57. The van der Waals surface area contributed by atoms with E-state index in [0.29, 0.717) is 9.90 Å². The maximum atomic E-state index is 13.5. The van der Waals surface area contributed by atoms with Gasteiger partial charge in [-0.25, -0.2) is 4.39 Å². The lowest BCUT2D eigenvalue weighted by Crippen LogP contribution is -2.10. The third-order valence-corrected chi connectivity index (χ3v) is 3.93. The Morgan fingerprint density at radius 3 is 2.52 bits per heavy atom. The molecule has 3 aromatic rings. The summed E-state index contributed by atoms with van der Waals surface area (Å²) in [6.45, 7) is 1.91. The van der Waals surface area contributed by atoms with Gasteiger partial charge in [0.25, 0.3) is 0 Å². The highest BCUT2D eigenvalue weighted by Gasteiger charge is 2.14. The molecular formula is C17H15FN2S. The molecule has 3 rings (SSSR count). The number of rotatable bonds is 2. The van der Waals surface area contributed by atoms with Gasteiger partial charge in [0.15, 0.2) is 0 Å². The van der Waals surface area contributed by atoms with Gasteiger partial charge in [0, 0.05) is 28.2 Å². The highest BCUT2D eigenvalue weighted by atomic mass is 32.1. The van der Waals surface area contributed by atoms with E-state index in [4.69, 9.17) is 18.0 Å². The molecule has 0 aliphatic rings. The average molecular weight is 298 g/mol. The molecule has 0 saturated heterocycles. The zero-order valence-corrected chi connectivity index (χ0v) is 12.4. The van der Waals surface area contributed by atoms with Crippen molar-refractivity contribution in [2.75, 3.05) is 0 Å². The first kappa shape index (κ1) is 13.9. The molecule has 3 N–H and O–H groups in total. The summed E-state index contributed by atoms with van der Waals surface area (Å²) in [5, 5.41) is 0.702. The van der Waals surface area contributed by atoms with Crippen LogP contribution >= 0.6 is 12.2 Å². The van der Waals surface area contributed by atoms with Crippen LogP contribution in [0.4, 0.5) is 4.39 Å². The van der Waals surface area contributed by atoms with Crippen LogP contribution in [-0.2, 0) is 0 Å². The number of halogens is 1. The Morgan fingerprint density at radius 2 is 1.86 bits per heavy atom. The van der Waals surface area contributed by atoms with Crippen LogP contribution in [0.15, 0.2) is 48.5 Å². The van der Waals surface area contributed by atoms with Crippen molar-refractivity contribution in [3.63, 3.8) is 0 Å². The SMILES string of the molecule is CC(N)c1[nH]c2ccc(F)cc2c(=S)c1-c1ccccc1. The first-order chi connectivity index (χ1) is 10.1. The second kappa shape index (κ2) is 5.39. The lowest BCUT2D eigenvalue weighted by atomic mass is 9.98. The molecule has 0 aliphatic carbocycles. The number of pyridine rings is 1. The van der Waals surface area contributed by atoms with E-state index in [1.165, 1.54) is 12.1 Å². The van der Waals surface area contributed by atoms with Gasteiger partial charge in [-0.05, 0) is 30.7 Å². The standard InChI is InChI=1S/C17H15FN2S/c1-10(19)16-15(11-5-3-2-4-6-11)17(21)13-9-12(18)7-8-14(13)20-16/h2-10H,19H2,1H3,(H,20,21). The molecule has 21 heavy (non-hydrogen) atoms. The largest absolute Gasteiger partial charge is 0.357 e. The minimum absolute atomic E-state index is 0.198. The van der Waals surface area contributed by atoms with Crippen molar-refractivity contribution >= 4 is 23.1 Å². The second-order valence-corrected chi connectivity index (χ2v) is 5.50. The fraction of sp³-hybridized carbons (Fsp3) is 0.118. The number of aromatic nitrogens is 1. The van der Waals surface area contributed by atoms with Gasteiger partial charge in [-0.15, -0.1) is 0 Å². The Labute approximate surface area is 127 Å². The molecule has 1 atom stereocenters. The molecule has 0 aliphatic heterocycles. The van der Waals surface area contributed by atoms with Crippen molar-refractivity contribution in [2.45, 2.75) is 13.0 Å². The predicted molar refractivity (Wildman–Crippen MR) is 87.1 cm³/mol. The van der Waals surface area contributed by atoms with E-state index in [9.17, 15) is 4.39 Å². The molecule has 0 bridgehead atoms. The molecule has 1 unspecified atom stereocenters. The van der Waals surface area contributed by atoms with Crippen LogP contribution in [-0.4, -0.2) is 4.98 Å². The van der Waals surface area contributed by atoms with Crippen molar-refractivity contribution < 1.29 is 4.39 Å². The van der Waals surface area contributed by atoms with Crippen molar-refractivity contribution in [2.24, 2.45) is 5.73 Å². The molecule has 0 radical (unpaired) electrons. The molecule has 0 spiro atoms. The lowest BCUT2D eigenvalue weighted by molar-refractivity contribution is 0.629.